The van der Waals surface area contributed by atoms with Gasteiger partial charge in [-0.2, -0.15) is 0 Å². The summed E-state index contributed by atoms with van der Waals surface area (Å²) in [5.74, 6) is 1.45. The number of hydrogen-bond donors (Lipinski definition) is 0. The Labute approximate surface area is 119 Å². The molecule has 2 atom stereocenters. The van der Waals surface area contributed by atoms with Crippen LogP contribution in [0.2, 0.25) is 0 Å². The molecule has 110 valence electrons. The molecule has 0 radical (unpaired) electrons. The predicted molar refractivity (Wildman–Crippen MR) is 75.1 cm³/mol. The topological polar surface area (TPSA) is 48.0 Å². The highest BCUT2D eigenvalue weighted by Gasteiger charge is 2.26. The zero-order valence-corrected chi connectivity index (χ0v) is 12.2. The first-order valence-corrected chi connectivity index (χ1v) is 6.85. The summed E-state index contributed by atoms with van der Waals surface area (Å²) in [5.41, 5.74) is 0. The van der Waals surface area contributed by atoms with Gasteiger partial charge in [-0.05, 0) is 26.0 Å². The molecule has 5 heteroatoms. The van der Waals surface area contributed by atoms with Crippen LogP contribution in [0.5, 0.6) is 11.5 Å². The molecule has 1 aliphatic heterocycles. The number of rotatable bonds is 5. The Morgan fingerprint density at radius 1 is 1.45 bits per heavy atom. The highest BCUT2D eigenvalue weighted by atomic mass is 16.6. The van der Waals surface area contributed by atoms with Crippen LogP contribution in [0.1, 0.15) is 13.8 Å². The second-order valence-corrected chi connectivity index (χ2v) is 4.75. The van der Waals surface area contributed by atoms with Gasteiger partial charge in [-0.1, -0.05) is 12.1 Å². The third-order valence-corrected chi connectivity index (χ3v) is 3.39. The zero-order valence-electron chi connectivity index (χ0n) is 12.2. The standard InChI is InChI=1S/C15H21NO4/c1-4-16(15(17)11(2)18-3)9-12-10-19-13-7-5-6-8-14(13)20-12/h5-8,11-12H,4,9-10H2,1-3H3. The number of carbonyl (C=O) groups is 1. The van der Waals surface area contributed by atoms with E-state index in [0.717, 1.165) is 11.5 Å². The second kappa shape index (κ2) is 6.61. The molecule has 0 spiro atoms. The Hall–Kier alpha value is -1.75. The van der Waals surface area contributed by atoms with E-state index < -0.39 is 6.10 Å². The number of carbonyl (C=O) groups excluding carboxylic acids is 1. The minimum Gasteiger partial charge on any atom is -0.486 e. The summed E-state index contributed by atoms with van der Waals surface area (Å²) in [4.78, 5) is 13.9. The molecule has 1 aromatic carbocycles. The van der Waals surface area contributed by atoms with Gasteiger partial charge in [0.1, 0.15) is 12.7 Å². The number of fused-ring (bicyclic) bond motifs is 1. The van der Waals surface area contributed by atoms with Crippen molar-refractivity contribution in [3.63, 3.8) is 0 Å². The Morgan fingerprint density at radius 2 is 2.15 bits per heavy atom. The molecule has 0 saturated heterocycles. The van der Waals surface area contributed by atoms with Crippen LogP contribution in [0, 0.1) is 0 Å². The van der Waals surface area contributed by atoms with E-state index >= 15 is 0 Å². The van der Waals surface area contributed by atoms with Gasteiger partial charge in [-0.25, -0.2) is 0 Å². The van der Waals surface area contributed by atoms with Crippen molar-refractivity contribution < 1.29 is 19.0 Å². The Morgan fingerprint density at radius 3 is 2.80 bits per heavy atom. The van der Waals surface area contributed by atoms with E-state index in [-0.39, 0.29) is 12.0 Å². The van der Waals surface area contributed by atoms with Crippen LogP contribution < -0.4 is 9.47 Å². The molecule has 2 unspecified atom stereocenters. The van der Waals surface area contributed by atoms with Crippen LogP contribution in [-0.4, -0.2) is 49.8 Å². The number of likely N-dealkylation sites (N-methyl/N-ethyl adjacent to an activating group) is 1. The quantitative estimate of drug-likeness (QED) is 0.823. The van der Waals surface area contributed by atoms with Crippen molar-refractivity contribution in [1.82, 2.24) is 4.90 Å². The lowest BCUT2D eigenvalue weighted by Gasteiger charge is -2.31. The van der Waals surface area contributed by atoms with E-state index in [4.69, 9.17) is 14.2 Å². The van der Waals surface area contributed by atoms with E-state index in [2.05, 4.69) is 0 Å². The normalized spacial score (nSPS) is 18.4. The van der Waals surface area contributed by atoms with E-state index in [0.29, 0.717) is 19.7 Å². The Bertz CT molecular complexity index is 463. The van der Waals surface area contributed by atoms with Crippen LogP contribution in [0.15, 0.2) is 24.3 Å². The molecule has 1 aliphatic rings. The minimum absolute atomic E-state index is 0.0301. The number of hydrogen-bond acceptors (Lipinski definition) is 4. The summed E-state index contributed by atoms with van der Waals surface area (Å²) in [6, 6.07) is 7.56. The van der Waals surface area contributed by atoms with E-state index in [1.807, 2.05) is 31.2 Å². The Balaban J connectivity index is 1.98. The molecule has 0 bridgehead atoms. The third kappa shape index (κ3) is 3.22. The Kier molecular flexibility index (Phi) is 4.84. The predicted octanol–water partition coefficient (Wildman–Crippen LogP) is 1.71. The molecule has 1 heterocycles. The highest BCUT2D eigenvalue weighted by Crippen LogP contribution is 2.31. The second-order valence-electron chi connectivity index (χ2n) is 4.75. The van der Waals surface area contributed by atoms with Gasteiger partial charge in [0, 0.05) is 13.7 Å². The first-order chi connectivity index (χ1) is 9.65. The van der Waals surface area contributed by atoms with Crippen molar-refractivity contribution in [1.29, 1.82) is 0 Å². The van der Waals surface area contributed by atoms with Crippen LogP contribution >= 0.6 is 0 Å². The van der Waals surface area contributed by atoms with Crippen molar-refractivity contribution in [2.24, 2.45) is 0 Å². The van der Waals surface area contributed by atoms with Crippen molar-refractivity contribution in [3.05, 3.63) is 24.3 Å². The maximum absolute atomic E-state index is 12.1. The summed E-state index contributed by atoms with van der Waals surface area (Å²) in [6.45, 7) is 5.25. The van der Waals surface area contributed by atoms with E-state index in [1.54, 1.807) is 11.8 Å². The summed E-state index contributed by atoms with van der Waals surface area (Å²) in [5, 5.41) is 0. The van der Waals surface area contributed by atoms with Gasteiger partial charge >= 0.3 is 0 Å². The summed E-state index contributed by atoms with van der Waals surface area (Å²) in [6.07, 6.45) is -0.593. The van der Waals surface area contributed by atoms with Gasteiger partial charge in [0.2, 0.25) is 0 Å². The molecule has 5 nitrogen and oxygen atoms in total. The molecule has 2 rings (SSSR count). The van der Waals surface area contributed by atoms with E-state index in [1.165, 1.54) is 7.11 Å². The van der Waals surface area contributed by atoms with Gasteiger partial charge in [0.15, 0.2) is 17.6 Å². The van der Waals surface area contributed by atoms with Crippen molar-refractivity contribution in [3.8, 4) is 11.5 Å². The summed E-state index contributed by atoms with van der Waals surface area (Å²) in [7, 11) is 1.53. The zero-order chi connectivity index (χ0) is 14.5. The van der Waals surface area contributed by atoms with Gasteiger partial charge < -0.3 is 19.1 Å². The molecule has 0 saturated carbocycles. The number of nitrogens with zero attached hydrogens (tertiary/aromatic N) is 1. The molecule has 1 aromatic rings. The van der Waals surface area contributed by atoms with Gasteiger partial charge in [0.25, 0.3) is 5.91 Å². The summed E-state index contributed by atoms with van der Waals surface area (Å²) < 4.78 is 16.6. The number of amides is 1. The molecular weight excluding hydrogens is 258 g/mol. The first-order valence-electron chi connectivity index (χ1n) is 6.85. The summed E-state index contributed by atoms with van der Waals surface area (Å²) >= 11 is 0. The SMILES string of the molecule is CCN(CC1COc2ccccc2O1)C(=O)C(C)OC. The average molecular weight is 279 g/mol. The minimum atomic E-state index is -0.438. The number of para-hydroxylation sites is 2. The molecule has 1 amide bonds. The van der Waals surface area contributed by atoms with Gasteiger partial charge in [-0.15, -0.1) is 0 Å². The maximum atomic E-state index is 12.1. The van der Waals surface area contributed by atoms with Crippen molar-refractivity contribution >= 4 is 5.91 Å². The third-order valence-electron chi connectivity index (χ3n) is 3.39. The van der Waals surface area contributed by atoms with Crippen molar-refractivity contribution in [2.45, 2.75) is 26.1 Å². The fourth-order valence-corrected chi connectivity index (χ4v) is 2.13. The first kappa shape index (κ1) is 14.7. The highest BCUT2D eigenvalue weighted by molar-refractivity contribution is 5.80. The van der Waals surface area contributed by atoms with Crippen LogP contribution in [0.4, 0.5) is 0 Å². The molecule has 0 aromatic heterocycles. The fraction of sp³-hybridized carbons (Fsp3) is 0.533. The molecule has 20 heavy (non-hydrogen) atoms. The monoisotopic (exact) mass is 279 g/mol. The maximum Gasteiger partial charge on any atom is 0.251 e. The molecule has 0 fully saturated rings. The van der Waals surface area contributed by atoms with Crippen molar-refractivity contribution in [2.75, 3.05) is 26.8 Å². The van der Waals surface area contributed by atoms with Gasteiger partial charge in [0.05, 0.1) is 6.54 Å². The average Bonchev–Trinajstić information content (AvgIpc) is 2.50. The lowest BCUT2D eigenvalue weighted by atomic mass is 10.2. The molecular formula is C15H21NO4. The molecule has 0 aliphatic carbocycles. The number of ether oxygens (including phenoxy) is 3. The van der Waals surface area contributed by atoms with Crippen LogP contribution in [-0.2, 0) is 9.53 Å². The largest absolute Gasteiger partial charge is 0.486 e. The van der Waals surface area contributed by atoms with E-state index in [9.17, 15) is 4.79 Å². The van der Waals surface area contributed by atoms with Gasteiger partial charge in [-0.3, -0.25) is 4.79 Å². The lowest BCUT2D eigenvalue weighted by Crippen LogP contribution is -2.46. The smallest absolute Gasteiger partial charge is 0.251 e. The fourth-order valence-electron chi connectivity index (χ4n) is 2.13. The van der Waals surface area contributed by atoms with Crippen LogP contribution in [0.25, 0.3) is 0 Å². The van der Waals surface area contributed by atoms with Crippen LogP contribution in [0.3, 0.4) is 0 Å². The number of methoxy groups -OCH3 is 1. The lowest BCUT2D eigenvalue weighted by molar-refractivity contribution is -0.142. The molecule has 0 N–H and O–H groups in total. The number of benzene rings is 1.